The molecule has 3 rings (SSSR count). The van der Waals surface area contributed by atoms with Crippen LogP contribution in [0.5, 0.6) is 0 Å². The summed E-state index contributed by atoms with van der Waals surface area (Å²) in [6, 6.07) is 14.1. The number of hydrogen-bond donors (Lipinski definition) is 0. The standard InChI is InChI=1S/C16H12N4O2S/c17-8-10-19-14(11-23-15-7-3-4-9-20(15)22)18-13-6-2-1-5-12(13)16(19)21/h1-7,9H,10-11H2. The second-order valence-electron chi connectivity index (χ2n) is 4.75. The van der Waals surface area contributed by atoms with Crippen LogP contribution in [0.25, 0.3) is 10.9 Å². The summed E-state index contributed by atoms with van der Waals surface area (Å²) in [4.78, 5) is 17.0. The maximum atomic E-state index is 12.5. The number of nitriles is 1. The number of rotatable bonds is 4. The lowest BCUT2D eigenvalue weighted by Crippen LogP contribution is -2.28. The average Bonchev–Trinajstić information content (AvgIpc) is 2.57. The number of fused-ring (bicyclic) bond motifs is 1. The number of nitrogens with zero attached hydrogens (tertiary/aromatic N) is 4. The highest BCUT2D eigenvalue weighted by Gasteiger charge is 2.13. The number of aromatic nitrogens is 3. The summed E-state index contributed by atoms with van der Waals surface area (Å²) in [6.45, 7) is -0.0707. The largest absolute Gasteiger partial charge is 0.618 e. The molecule has 2 aromatic heterocycles. The van der Waals surface area contributed by atoms with Gasteiger partial charge in [-0.05, 0) is 30.0 Å². The number of pyridine rings is 1. The van der Waals surface area contributed by atoms with Gasteiger partial charge in [0.25, 0.3) is 10.6 Å². The lowest BCUT2D eigenvalue weighted by atomic mass is 10.2. The first-order valence-corrected chi connectivity index (χ1v) is 7.85. The van der Waals surface area contributed by atoms with Gasteiger partial charge in [-0.2, -0.15) is 9.99 Å². The molecule has 0 spiro atoms. The Morgan fingerprint density at radius 2 is 2.04 bits per heavy atom. The van der Waals surface area contributed by atoms with Crippen LogP contribution in [0, 0.1) is 16.5 Å². The van der Waals surface area contributed by atoms with Crippen molar-refractivity contribution < 1.29 is 4.73 Å². The third-order valence-corrected chi connectivity index (χ3v) is 4.32. The zero-order valence-electron chi connectivity index (χ0n) is 12.0. The quantitative estimate of drug-likeness (QED) is 0.415. The van der Waals surface area contributed by atoms with Crippen molar-refractivity contribution >= 4 is 22.7 Å². The van der Waals surface area contributed by atoms with E-state index in [0.717, 1.165) is 4.73 Å². The van der Waals surface area contributed by atoms with Gasteiger partial charge in [-0.15, -0.1) is 0 Å². The fourth-order valence-corrected chi connectivity index (χ4v) is 3.08. The second kappa shape index (κ2) is 6.50. The van der Waals surface area contributed by atoms with Crippen LogP contribution in [0.2, 0.25) is 0 Å². The van der Waals surface area contributed by atoms with Gasteiger partial charge in [-0.3, -0.25) is 9.36 Å². The van der Waals surface area contributed by atoms with Gasteiger partial charge in [-0.25, -0.2) is 4.98 Å². The Morgan fingerprint density at radius 1 is 1.26 bits per heavy atom. The van der Waals surface area contributed by atoms with Crippen LogP contribution in [0.4, 0.5) is 0 Å². The van der Waals surface area contributed by atoms with Crippen LogP contribution < -0.4 is 10.3 Å². The van der Waals surface area contributed by atoms with Gasteiger partial charge in [0.1, 0.15) is 12.4 Å². The van der Waals surface area contributed by atoms with Crippen molar-refractivity contribution in [3.05, 3.63) is 70.0 Å². The van der Waals surface area contributed by atoms with Gasteiger partial charge in [0.05, 0.1) is 22.7 Å². The zero-order valence-corrected chi connectivity index (χ0v) is 12.9. The maximum absolute atomic E-state index is 12.5. The lowest BCUT2D eigenvalue weighted by Gasteiger charge is -2.10. The van der Waals surface area contributed by atoms with Crippen molar-refractivity contribution in [2.24, 2.45) is 0 Å². The molecule has 0 aliphatic rings. The molecule has 6 nitrogen and oxygen atoms in total. The monoisotopic (exact) mass is 324 g/mol. The molecule has 0 aliphatic carbocycles. The molecule has 2 heterocycles. The minimum atomic E-state index is -0.240. The molecule has 0 atom stereocenters. The topological polar surface area (TPSA) is 85.6 Å². The molecule has 0 aliphatic heterocycles. The predicted octanol–water partition coefficient (Wildman–Crippen LogP) is 1.85. The first-order chi connectivity index (χ1) is 11.2. The summed E-state index contributed by atoms with van der Waals surface area (Å²) in [5, 5.41) is 21.7. The van der Waals surface area contributed by atoms with E-state index in [2.05, 4.69) is 4.98 Å². The molecule has 0 amide bonds. The van der Waals surface area contributed by atoms with E-state index in [9.17, 15) is 10.0 Å². The molecule has 7 heteroatoms. The third kappa shape index (κ3) is 3.03. The molecule has 3 aromatic rings. The summed E-state index contributed by atoms with van der Waals surface area (Å²) in [7, 11) is 0. The maximum Gasteiger partial charge on any atom is 0.262 e. The van der Waals surface area contributed by atoms with Gasteiger partial charge in [-0.1, -0.05) is 12.1 Å². The molecular formula is C16H12N4O2S. The summed E-state index contributed by atoms with van der Waals surface area (Å²) < 4.78 is 2.12. The Hall–Kier alpha value is -2.85. The fourth-order valence-electron chi connectivity index (χ4n) is 2.22. The third-order valence-electron chi connectivity index (χ3n) is 3.31. The van der Waals surface area contributed by atoms with E-state index < -0.39 is 0 Å². The SMILES string of the molecule is N#CCn1c(CSc2cccc[n+]2[O-])nc2ccccc2c1=O. The second-order valence-corrected chi connectivity index (χ2v) is 5.74. The molecule has 0 radical (unpaired) electrons. The Morgan fingerprint density at radius 3 is 2.83 bits per heavy atom. The van der Waals surface area contributed by atoms with E-state index in [1.54, 1.807) is 36.4 Å². The van der Waals surface area contributed by atoms with Gasteiger partial charge in [0.2, 0.25) is 0 Å². The van der Waals surface area contributed by atoms with Gasteiger partial charge in [0, 0.05) is 12.1 Å². The Bertz CT molecular complexity index is 962. The van der Waals surface area contributed by atoms with Gasteiger partial charge in [0.15, 0.2) is 6.20 Å². The van der Waals surface area contributed by atoms with Crippen molar-refractivity contribution in [3.8, 4) is 6.07 Å². The minimum absolute atomic E-state index is 0.0707. The molecule has 114 valence electrons. The van der Waals surface area contributed by atoms with Crippen molar-refractivity contribution in [3.63, 3.8) is 0 Å². The molecule has 1 aromatic carbocycles. The van der Waals surface area contributed by atoms with Gasteiger partial charge >= 0.3 is 0 Å². The average molecular weight is 324 g/mol. The first kappa shape index (κ1) is 15.1. The van der Waals surface area contributed by atoms with Crippen molar-refractivity contribution in [1.29, 1.82) is 5.26 Å². The molecule has 23 heavy (non-hydrogen) atoms. The molecule has 0 unspecified atom stereocenters. The highest BCUT2D eigenvalue weighted by Crippen LogP contribution is 2.19. The van der Waals surface area contributed by atoms with E-state index in [1.165, 1.54) is 22.5 Å². The number of hydrogen-bond acceptors (Lipinski definition) is 5. The van der Waals surface area contributed by atoms with Crippen LogP contribution in [-0.4, -0.2) is 9.55 Å². The van der Waals surface area contributed by atoms with E-state index in [4.69, 9.17) is 5.26 Å². The summed E-state index contributed by atoms with van der Waals surface area (Å²) >= 11 is 1.28. The minimum Gasteiger partial charge on any atom is -0.618 e. The number of thioether (sulfide) groups is 1. The fraction of sp³-hybridized carbons (Fsp3) is 0.125. The smallest absolute Gasteiger partial charge is 0.262 e. The van der Waals surface area contributed by atoms with Crippen LogP contribution in [0.1, 0.15) is 5.82 Å². The van der Waals surface area contributed by atoms with Crippen molar-refractivity contribution in [1.82, 2.24) is 9.55 Å². The lowest BCUT2D eigenvalue weighted by molar-refractivity contribution is -0.645. The van der Waals surface area contributed by atoms with Crippen LogP contribution in [0.15, 0.2) is 58.5 Å². The summed E-state index contributed by atoms with van der Waals surface area (Å²) in [5.41, 5.74) is 0.348. The zero-order chi connectivity index (χ0) is 16.2. The first-order valence-electron chi connectivity index (χ1n) is 6.87. The van der Waals surface area contributed by atoms with E-state index in [0.29, 0.717) is 27.5 Å². The summed E-state index contributed by atoms with van der Waals surface area (Å²) in [6.07, 6.45) is 1.42. The predicted molar refractivity (Wildman–Crippen MR) is 86.6 cm³/mol. The van der Waals surface area contributed by atoms with Crippen molar-refractivity contribution in [2.45, 2.75) is 17.3 Å². The van der Waals surface area contributed by atoms with Crippen LogP contribution in [0.3, 0.4) is 0 Å². The highest BCUT2D eigenvalue weighted by atomic mass is 32.2. The van der Waals surface area contributed by atoms with Gasteiger partial charge < -0.3 is 5.21 Å². The number of para-hydroxylation sites is 1. The normalized spacial score (nSPS) is 10.6. The van der Waals surface area contributed by atoms with Crippen molar-refractivity contribution in [2.75, 3.05) is 0 Å². The van der Waals surface area contributed by atoms with E-state index in [-0.39, 0.29) is 12.1 Å². The Balaban J connectivity index is 2.02. The highest BCUT2D eigenvalue weighted by molar-refractivity contribution is 7.98. The number of benzene rings is 1. The van der Waals surface area contributed by atoms with Crippen LogP contribution >= 0.6 is 11.8 Å². The van der Waals surface area contributed by atoms with E-state index >= 15 is 0 Å². The molecule has 0 bridgehead atoms. The molecule has 0 saturated carbocycles. The summed E-state index contributed by atoms with van der Waals surface area (Å²) in [5.74, 6) is 0.803. The molecular weight excluding hydrogens is 312 g/mol. The molecule has 0 fully saturated rings. The Labute approximate surface area is 136 Å². The van der Waals surface area contributed by atoms with E-state index in [1.807, 2.05) is 12.1 Å². The molecule has 0 saturated heterocycles. The Kier molecular flexibility index (Phi) is 4.26. The van der Waals surface area contributed by atoms with Crippen LogP contribution in [-0.2, 0) is 12.3 Å². The molecule has 0 N–H and O–H groups in total.